The summed E-state index contributed by atoms with van der Waals surface area (Å²) in [7, 11) is 1.99. The normalized spacial score (nSPS) is 30.7. The van der Waals surface area contributed by atoms with Gasteiger partial charge in [0.15, 0.2) is 0 Å². The Morgan fingerprint density at radius 2 is 2.44 bits per heavy atom. The Bertz CT molecular complexity index is 84.4. The zero-order valence-electron chi connectivity index (χ0n) is 5.93. The first-order valence-corrected chi connectivity index (χ1v) is 3.50. The predicted octanol–water partition coefficient (Wildman–Crippen LogP) is -0.456. The fraction of sp³-hybridized carbons (Fsp3) is 1.00. The van der Waals surface area contributed by atoms with Crippen LogP contribution in [-0.4, -0.2) is 31.2 Å². The third kappa shape index (κ3) is 1.93. The third-order valence-electron chi connectivity index (χ3n) is 1.86. The molecule has 0 spiro atoms. The maximum absolute atomic E-state index is 5.59. The van der Waals surface area contributed by atoms with E-state index in [1.165, 1.54) is 12.8 Å². The Hall–Kier alpha value is -0.120. The fourth-order valence-corrected chi connectivity index (χ4v) is 1.24. The van der Waals surface area contributed by atoms with Crippen molar-refractivity contribution < 1.29 is 0 Å². The molecule has 1 fully saturated rings. The van der Waals surface area contributed by atoms with Crippen LogP contribution in [0, 0.1) is 0 Å². The maximum Gasteiger partial charge on any atom is 0.0282 e. The summed E-state index contributed by atoms with van der Waals surface area (Å²) in [4.78, 5) is 0. The zero-order chi connectivity index (χ0) is 6.69. The second-order valence-corrected chi connectivity index (χ2v) is 2.62. The van der Waals surface area contributed by atoms with Gasteiger partial charge in [0.2, 0.25) is 0 Å². The van der Waals surface area contributed by atoms with Crippen molar-refractivity contribution in [1.82, 2.24) is 10.3 Å². The van der Waals surface area contributed by atoms with Crippen LogP contribution < -0.4 is 11.2 Å². The molecule has 0 aromatic heterocycles. The Labute approximate surface area is 56.2 Å². The number of nitrogens with one attached hydrogen (secondary N) is 1. The molecule has 0 radical (unpaired) electrons. The summed E-state index contributed by atoms with van der Waals surface area (Å²) in [6, 6.07) is 0.615. The van der Waals surface area contributed by atoms with E-state index in [1.807, 2.05) is 12.1 Å². The first-order valence-electron chi connectivity index (χ1n) is 3.50. The van der Waals surface area contributed by atoms with Crippen LogP contribution in [0.2, 0.25) is 0 Å². The molecule has 54 valence electrons. The molecule has 0 saturated carbocycles. The molecule has 9 heavy (non-hydrogen) atoms. The standard InChI is InChI=1S/C6H15N3/c1-8-6-3-2-4-9(7)5-6/h6,8H,2-5,7H2,1H3. The number of nitrogens with zero attached hydrogens (tertiary/aromatic N) is 1. The van der Waals surface area contributed by atoms with E-state index in [1.54, 1.807) is 0 Å². The molecule has 3 nitrogen and oxygen atoms in total. The Morgan fingerprint density at radius 3 is 2.89 bits per heavy atom. The summed E-state index contributed by atoms with van der Waals surface area (Å²) in [6.45, 7) is 2.05. The van der Waals surface area contributed by atoms with Crippen LogP contribution in [0.3, 0.4) is 0 Å². The van der Waals surface area contributed by atoms with Crippen LogP contribution in [-0.2, 0) is 0 Å². The highest BCUT2D eigenvalue weighted by atomic mass is 15.4. The Morgan fingerprint density at radius 1 is 1.67 bits per heavy atom. The minimum Gasteiger partial charge on any atom is -0.316 e. The summed E-state index contributed by atoms with van der Waals surface area (Å²) in [5.74, 6) is 5.59. The van der Waals surface area contributed by atoms with E-state index in [0.717, 1.165) is 13.1 Å². The lowest BCUT2D eigenvalue weighted by Gasteiger charge is -2.28. The van der Waals surface area contributed by atoms with Crippen LogP contribution in [0.5, 0.6) is 0 Å². The van der Waals surface area contributed by atoms with E-state index < -0.39 is 0 Å². The molecule has 1 rings (SSSR count). The molecule has 3 heteroatoms. The first-order chi connectivity index (χ1) is 4.33. The minimum atomic E-state index is 0.615. The molecule has 0 aliphatic carbocycles. The number of hydrazine groups is 1. The van der Waals surface area contributed by atoms with Crippen molar-refractivity contribution in [2.45, 2.75) is 18.9 Å². The van der Waals surface area contributed by atoms with Crippen molar-refractivity contribution in [3.63, 3.8) is 0 Å². The van der Waals surface area contributed by atoms with Crippen molar-refractivity contribution in [3.8, 4) is 0 Å². The van der Waals surface area contributed by atoms with Crippen molar-refractivity contribution in [1.29, 1.82) is 0 Å². The molecule has 1 atom stereocenters. The van der Waals surface area contributed by atoms with Crippen LogP contribution in [0.4, 0.5) is 0 Å². The molecule has 0 aromatic rings. The average Bonchev–Trinajstić information content (AvgIpc) is 1.88. The van der Waals surface area contributed by atoms with Crippen LogP contribution in [0.1, 0.15) is 12.8 Å². The van der Waals surface area contributed by atoms with Crippen molar-refractivity contribution in [2.75, 3.05) is 20.1 Å². The van der Waals surface area contributed by atoms with Crippen LogP contribution >= 0.6 is 0 Å². The summed E-state index contributed by atoms with van der Waals surface area (Å²) in [5.41, 5.74) is 0. The van der Waals surface area contributed by atoms with E-state index in [9.17, 15) is 0 Å². The molecule has 0 amide bonds. The SMILES string of the molecule is CNC1CCCN(N)C1. The molecule has 1 aliphatic rings. The zero-order valence-corrected chi connectivity index (χ0v) is 5.93. The van der Waals surface area contributed by atoms with Gasteiger partial charge >= 0.3 is 0 Å². The molecule has 0 bridgehead atoms. The van der Waals surface area contributed by atoms with Gasteiger partial charge in [-0.15, -0.1) is 0 Å². The van der Waals surface area contributed by atoms with E-state index in [2.05, 4.69) is 5.32 Å². The Balaban J connectivity index is 2.23. The number of likely N-dealkylation sites (N-methyl/N-ethyl adjacent to an activating group) is 1. The van der Waals surface area contributed by atoms with Crippen LogP contribution in [0.25, 0.3) is 0 Å². The highest BCUT2D eigenvalue weighted by Gasteiger charge is 2.14. The number of rotatable bonds is 1. The summed E-state index contributed by atoms with van der Waals surface area (Å²) in [5, 5.41) is 5.09. The van der Waals surface area contributed by atoms with Gasteiger partial charge < -0.3 is 5.32 Å². The lowest BCUT2D eigenvalue weighted by Crippen LogP contribution is -2.47. The second-order valence-electron chi connectivity index (χ2n) is 2.62. The maximum atomic E-state index is 5.59. The number of nitrogens with two attached hydrogens (primary N) is 1. The third-order valence-corrected chi connectivity index (χ3v) is 1.86. The predicted molar refractivity (Wildman–Crippen MR) is 37.8 cm³/mol. The van der Waals surface area contributed by atoms with Crippen molar-refractivity contribution >= 4 is 0 Å². The van der Waals surface area contributed by atoms with Gasteiger partial charge in [-0.25, -0.2) is 5.01 Å². The lowest BCUT2D eigenvalue weighted by atomic mass is 10.1. The van der Waals surface area contributed by atoms with E-state index >= 15 is 0 Å². The van der Waals surface area contributed by atoms with Crippen molar-refractivity contribution in [2.24, 2.45) is 5.84 Å². The number of hydrogen-bond acceptors (Lipinski definition) is 3. The quantitative estimate of drug-likeness (QED) is 0.471. The van der Waals surface area contributed by atoms with E-state index in [4.69, 9.17) is 5.84 Å². The van der Waals surface area contributed by atoms with E-state index in [0.29, 0.717) is 6.04 Å². The Kier molecular flexibility index (Phi) is 2.45. The highest BCUT2D eigenvalue weighted by Crippen LogP contribution is 2.04. The monoisotopic (exact) mass is 129 g/mol. The van der Waals surface area contributed by atoms with Gasteiger partial charge in [-0.1, -0.05) is 0 Å². The van der Waals surface area contributed by atoms with Gasteiger partial charge in [0.25, 0.3) is 0 Å². The molecule has 0 aromatic carbocycles. The molecular formula is C6H15N3. The van der Waals surface area contributed by atoms with Gasteiger partial charge in [0.05, 0.1) is 0 Å². The van der Waals surface area contributed by atoms with Crippen LogP contribution in [0.15, 0.2) is 0 Å². The lowest BCUT2D eigenvalue weighted by molar-refractivity contribution is 0.199. The topological polar surface area (TPSA) is 41.3 Å². The largest absolute Gasteiger partial charge is 0.316 e. The van der Waals surface area contributed by atoms with Gasteiger partial charge in [0.1, 0.15) is 0 Å². The average molecular weight is 129 g/mol. The second kappa shape index (κ2) is 3.15. The molecule has 3 N–H and O–H groups in total. The van der Waals surface area contributed by atoms with Gasteiger partial charge in [-0.05, 0) is 19.9 Å². The minimum absolute atomic E-state index is 0.615. The molecule has 1 heterocycles. The van der Waals surface area contributed by atoms with Crippen molar-refractivity contribution in [3.05, 3.63) is 0 Å². The molecular weight excluding hydrogens is 114 g/mol. The van der Waals surface area contributed by atoms with Gasteiger partial charge in [0, 0.05) is 19.1 Å². The molecule has 1 unspecified atom stereocenters. The molecule has 1 aliphatic heterocycles. The number of piperidine rings is 1. The summed E-state index contributed by atoms with van der Waals surface area (Å²) >= 11 is 0. The van der Waals surface area contributed by atoms with E-state index in [-0.39, 0.29) is 0 Å². The fourth-order valence-electron chi connectivity index (χ4n) is 1.24. The summed E-state index contributed by atoms with van der Waals surface area (Å²) in [6.07, 6.45) is 2.49. The summed E-state index contributed by atoms with van der Waals surface area (Å²) < 4.78 is 0. The molecule has 1 saturated heterocycles. The van der Waals surface area contributed by atoms with Gasteiger partial charge in [-0.2, -0.15) is 0 Å². The van der Waals surface area contributed by atoms with Gasteiger partial charge in [-0.3, -0.25) is 5.84 Å². The first kappa shape index (κ1) is 6.99. The smallest absolute Gasteiger partial charge is 0.0282 e. The highest BCUT2D eigenvalue weighted by molar-refractivity contribution is 4.73. The number of hydrogen-bond donors (Lipinski definition) is 2.